The molecule has 0 radical (unpaired) electrons. The lowest BCUT2D eigenvalue weighted by atomic mass is 9.80. The van der Waals surface area contributed by atoms with Gasteiger partial charge in [0.1, 0.15) is 0 Å². The first-order valence-corrected chi connectivity index (χ1v) is 8.46. The molecular formula is C16H23NO3S. The molecule has 1 fully saturated rings. The van der Waals surface area contributed by atoms with E-state index in [1.807, 2.05) is 32.9 Å². The largest absolute Gasteiger partial charge is 0.375 e. The summed E-state index contributed by atoms with van der Waals surface area (Å²) in [5.41, 5.74) is 3.45. The Kier molecular flexibility index (Phi) is 4.56. The molecule has 0 N–H and O–H groups in total. The van der Waals surface area contributed by atoms with Gasteiger partial charge in [0.15, 0.2) is 0 Å². The van der Waals surface area contributed by atoms with Crippen molar-refractivity contribution in [2.24, 2.45) is 0 Å². The Hall–Kier alpha value is -1.17. The molecule has 2 unspecified atom stereocenters. The highest BCUT2D eigenvalue weighted by atomic mass is 32.2. The highest BCUT2D eigenvalue weighted by Crippen LogP contribution is 2.37. The highest BCUT2D eigenvalue weighted by Gasteiger charge is 2.43. The van der Waals surface area contributed by atoms with Gasteiger partial charge < -0.3 is 4.74 Å². The maximum absolute atomic E-state index is 12.7. The first-order valence-electron chi connectivity index (χ1n) is 7.02. The summed E-state index contributed by atoms with van der Waals surface area (Å²) in [6.45, 7) is 6.01. The lowest BCUT2D eigenvalue weighted by molar-refractivity contribution is 0.0317. The Labute approximate surface area is 127 Å². The molecule has 116 valence electrons. The Morgan fingerprint density at radius 2 is 1.81 bits per heavy atom. The standard InChI is InChI=1S/C16H23NO3S/c1-11(2)14-10-15(16(14)20-5)17(4)21(18,19)13-8-6-12(3)7-9-13/h6-9,15-16H,10H2,1-5H3. The van der Waals surface area contributed by atoms with Crippen LogP contribution in [0.15, 0.2) is 40.3 Å². The minimum Gasteiger partial charge on any atom is -0.375 e. The van der Waals surface area contributed by atoms with Crippen LogP contribution in [0.25, 0.3) is 0 Å². The molecule has 0 amide bonds. The van der Waals surface area contributed by atoms with Crippen molar-refractivity contribution in [3.05, 3.63) is 41.0 Å². The van der Waals surface area contributed by atoms with Gasteiger partial charge in [-0.3, -0.25) is 0 Å². The van der Waals surface area contributed by atoms with Gasteiger partial charge in [-0.05, 0) is 44.9 Å². The molecular weight excluding hydrogens is 286 g/mol. The Balaban J connectivity index is 2.26. The van der Waals surface area contributed by atoms with Crippen LogP contribution in [-0.2, 0) is 14.8 Å². The molecule has 2 rings (SSSR count). The lowest BCUT2D eigenvalue weighted by Crippen LogP contribution is -2.53. The average Bonchev–Trinajstić information content (AvgIpc) is 2.38. The topological polar surface area (TPSA) is 46.6 Å². The minimum atomic E-state index is -3.48. The third kappa shape index (κ3) is 2.91. The van der Waals surface area contributed by atoms with Crippen molar-refractivity contribution in [2.75, 3.05) is 14.2 Å². The van der Waals surface area contributed by atoms with E-state index in [-0.39, 0.29) is 12.1 Å². The van der Waals surface area contributed by atoms with Crippen LogP contribution < -0.4 is 0 Å². The van der Waals surface area contributed by atoms with Crippen LogP contribution >= 0.6 is 0 Å². The quantitative estimate of drug-likeness (QED) is 0.804. The number of hydrogen-bond acceptors (Lipinski definition) is 3. The second-order valence-corrected chi connectivity index (χ2v) is 7.78. The van der Waals surface area contributed by atoms with Crippen molar-refractivity contribution in [3.63, 3.8) is 0 Å². The zero-order valence-electron chi connectivity index (χ0n) is 13.3. The molecule has 1 saturated carbocycles. The minimum absolute atomic E-state index is 0.133. The molecule has 4 nitrogen and oxygen atoms in total. The van der Waals surface area contributed by atoms with Crippen molar-refractivity contribution in [1.29, 1.82) is 0 Å². The second-order valence-electron chi connectivity index (χ2n) is 5.79. The smallest absolute Gasteiger partial charge is 0.243 e. The summed E-state index contributed by atoms with van der Waals surface area (Å²) in [5, 5.41) is 0. The summed E-state index contributed by atoms with van der Waals surface area (Å²) < 4.78 is 32.3. The van der Waals surface area contributed by atoms with Gasteiger partial charge in [-0.1, -0.05) is 23.3 Å². The second kappa shape index (κ2) is 5.91. The molecule has 0 bridgehead atoms. The predicted molar refractivity (Wildman–Crippen MR) is 83.7 cm³/mol. The van der Waals surface area contributed by atoms with Gasteiger partial charge in [0.2, 0.25) is 10.0 Å². The SMILES string of the molecule is COC1C(=C(C)C)CC1N(C)S(=O)(=O)c1ccc(C)cc1. The molecule has 21 heavy (non-hydrogen) atoms. The third-order valence-electron chi connectivity index (χ3n) is 4.18. The van der Waals surface area contributed by atoms with Crippen molar-refractivity contribution in [1.82, 2.24) is 4.31 Å². The van der Waals surface area contributed by atoms with E-state index in [4.69, 9.17) is 4.74 Å². The number of ether oxygens (including phenoxy) is 1. The molecule has 0 aliphatic heterocycles. The zero-order chi connectivity index (χ0) is 15.8. The molecule has 0 spiro atoms. The number of benzene rings is 1. The van der Waals surface area contributed by atoms with Gasteiger partial charge in [0, 0.05) is 14.2 Å². The molecule has 1 aromatic rings. The van der Waals surface area contributed by atoms with E-state index < -0.39 is 10.0 Å². The van der Waals surface area contributed by atoms with Crippen LogP contribution in [0, 0.1) is 6.92 Å². The first kappa shape index (κ1) is 16.2. The van der Waals surface area contributed by atoms with Gasteiger partial charge in [-0.2, -0.15) is 4.31 Å². The fourth-order valence-electron chi connectivity index (χ4n) is 2.68. The lowest BCUT2D eigenvalue weighted by Gasteiger charge is -2.44. The summed E-state index contributed by atoms with van der Waals surface area (Å²) in [7, 11) is -0.214. The highest BCUT2D eigenvalue weighted by molar-refractivity contribution is 7.89. The Bertz CT molecular complexity index is 643. The van der Waals surface area contributed by atoms with Crippen LogP contribution in [-0.4, -0.2) is 39.0 Å². The average molecular weight is 309 g/mol. The summed E-state index contributed by atoms with van der Waals surface area (Å²) >= 11 is 0. The normalized spacial score (nSPS) is 22.3. The van der Waals surface area contributed by atoms with Gasteiger partial charge in [-0.25, -0.2) is 8.42 Å². The van der Waals surface area contributed by atoms with E-state index in [0.717, 1.165) is 12.0 Å². The number of hydrogen-bond donors (Lipinski definition) is 0. The van der Waals surface area contributed by atoms with Gasteiger partial charge in [0.25, 0.3) is 0 Å². The van der Waals surface area contributed by atoms with E-state index in [9.17, 15) is 8.42 Å². The number of methoxy groups -OCH3 is 1. The summed E-state index contributed by atoms with van der Waals surface area (Å²) in [4.78, 5) is 0.330. The number of allylic oxidation sites excluding steroid dienone is 1. The molecule has 5 heteroatoms. The van der Waals surface area contributed by atoms with E-state index in [0.29, 0.717) is 4.90 Å². The maximum atomic E-state index is 12.7. The van der Waals surface area contributed by atoms with Crippen molar-refractivity contribution < 1.29 is 13.2 Å². The molecule has 1 aromatic carbocycles. The number of aryl methyl sites for hydroxylation is 1. The van der Waals surface area contributed by atoms with Gasteiger partial charge >= 0.3 is 0 Å². The van der Waals surface area contributed by atoms with Crippen LogP contribution in [0.5, 0.6) is 0 Å². The molecule has 1 aliphatic rings. The molecule has 0 heterocycles. The van der Waals surface area contributed by atoms with E-state index in [1.165, 1.54) is 15.5 Å². The summed E-state index contributed by atoms with van der Waals surface area (Å²) in [6.07, 6.45) is 0.600. The van der Waals surface area contributed by atoms with Crippen molar-refractivity contribution in [3.8, 4) is 0 Å². The van der Waals surface area contributed by atoms with E-state index >= 15 is 0 Å². The summed E-state index contributed by atoms with van der Waals surface area (Å²) in [6, 6.07) is 6.81. The molecule has 2 atom stereocenters. The molecule has 0 aromatic heterocycles. The van der Waals surface area contributed by atoms with Crippen LogP contribution in [0.3, 0.4) is 0 Å². The van der Waals surface area contributed by atoms with Crippen molar-refractivity contribution in [2.45, 2.75) is 44.2 Å². The molecule has 1 aliphatic carbocycles. The number of nitrogens with zero attached hydrogens (tertiary/aromatic N) is 1. The summed E-state index contributed by atoms with van der Waals surface area (Å²) in [5.74, 6) is 0. The van der Waals surface area contributed by atoms with Gasteiger partial charge in [0.05, 0.1) is 17.0 Å². The van der Waals surface area contributed by atoms with Crippen LogP contribution in [0.2, 0.25) is 0 Å². The van der Waals surface area contributed by atoms with E-state index in [2.05, 4.69) is 0 Å². The number of likely N-dealkylation sites (N-methyl/N-ethyl adjacent to an activating group) is 1. The fraction of sp³-hybridized carbons (Fsp3) is 0.500. The zero-order valence-corrected chi connectivity index (χ0v) is 14.1. The van der Waals surface area contributed by atoms with Crippen LogP contribution in [0.4, 0.5) is 0 Å². The Morgan fingerprint density at radius 1 is 1.24 bits per heavy atom. The fourth-order valence-corrected chi connectivity index (χ4v) is 4.04. The number of rotatable bonds is 4. The Morgan fingerprint density at radius 3 is 2.29 bits per heavy atom. The van der Waals surface area contributed by atoms with E-state index in [1.54, 1.807) is 26.3 Å². The predicted octanol–water partition coefficient (Wildman–Crippen LogP) is 2.74. The first-order chi connectivity index (χ1) is 9.78. The third-order valence-corrected chi connectivity index (χ3v) is 6.08. The monoisotopic (exact) mass is 309 g/mol. The molecule has 0 saturated heterocycles. The number of sulfonamides is 1. The van der Waals surface area contributed by atoms with Crippen LogP contribution in [0.1, 0.15) is 25.8 Å². The maximum Gasteiger partial charge on any atom is 0.243 e. The van der Waals surface area contributed by atoms with Crippen molar-refractivity contribution >= 4 is 10.0 Å². The van der Waals surface area contributed by atoms with Gasteiger partial charge in [-0.15, -0.1) is 0 Å².